The predicted octanol–water partition coefficient (Wildman–Crippen LogP) is 4.38. The predicted molar refractivity (Wildman–Crippen MR) is 163 cm³/mol. The van der Waals surface area contributed by atoms with E-state index in [0.717, 1.165) is 75.0 Å². The van der Waals surface area contributed by atoms with Gasteiger partial charge in [0.05, 0.1) is 35.4 Å². The van der Waals surface area contributed by atoms with Crippen molar-refractivity contribution in [3.05, 3.63) is 35.5 Å². The van der Waals surface area contributed by atoms with Crippen molar-refractivity contribution in [3.8, 4) is 17.3 Å². The standard InChI is InChI=1S/C31H42ClN7O3/c32-26-19-36-29(18-25(26)27-2-1-3-28(39-27)37-21-31(20-33)10-14-41-15-11-31)38-24-8-6-23(7-9-24)34-12-16-42-17-13-35-30(40)22-4-5-22/h1-3,18-19,22-24,34H,4-17,21H2,(H,35,40)(H,36,38)(H,37,39)/t23-,24-. The van der Waals surface area contributed by atoms with E-state index in [1.54, 1.807) is 6.20 Å². The Morgan fingerprint density at radius 2 is 1.83 bits per heavy atom. The van der Waals surface area contributed by atoms with E-state index in [2.05, 4.69) is 32.3 Å². The summed E-state index contributed by atoms with van der Waals surface area (Å²) in [5.41, 5.74) is 1.15. The van der Waals surface area contributed by atoms with Crippen molar-refractivity contribution < 1.29 is 14.3 Å². The zero-order valence-corrected chi connectivity index (χ0v) is 24.9. The Kier molecular flexibility index (Phi) is 10.9. The van der Waals surface area contributed by atoms with Gasteiger partial charge in [-0.15, -0.1) is 0 Å². The summed E-state index contributed by atoms with van der Waals surface area (Å²) in [5, 5.41) is 23.8. The van der Waals surface area contributed by atoms with E-state index in [-0.39, 0.29) is 11.8 Å². The molecule has 42 heavy (non-hydrogen) atoms. The number of nitriles is 1. The van der Waals surface area contributed by atoms with Crippen LogP contribution in [0.5, 0.6) is 0 Å². The molecule has 1 saturated heterocycles. The molecule has 1 aliphatic heterocycles. The summed E-state index contributed by atoms with van der Waals surface area (Å²) >= 11 is 6.56. The summed E-state index contributed by atoms with van der Waals surface area (Å²) in [7, 11) is 0. The summed E-state index contributed by atoms with van der Waals surface area (Å²) in [6.07, 6.45) is 9.44. The molecule has 3 aliphatic rings. The molecule has 3 heterocycles. The molecule has 5 rings (SSSR count). The molecule has 0 atom stereocenters. The molecule has 3 fully saturated rings. The number of rotatable bonds is 14. The molecular weight excluding hydrogens is 554 g/mol. The van der Waals surface area contributed by atoms with Gasteiger partial charge in [-0.3, -0.25) is 4.79 Å². The highest BCUT2D eigenvalue weighted by molar-refractivity contribution is 6.33. The number of nitrogens with zero attached hydrogens (tertiary/aromatic N) is 3. The summed E-state index contributed by atoms with van der Waals surface area (Å²) in [4.78, 5) is 21.0. The van der Waals surface area contributed by atoms with Crippen molar-refractivity contribution in [1.29, 1.82) is 5.26 Å². The highest BCUT2D eigenvalue weighted by atomic mass is 35.5. The third kappa shape index (κ3) is 8.77. The minimum absolute atomic E-state index is 0.169. The lowest BCUT2D eigenvalue weighted by Gasteiger charge is -2.30. The van der Waals surface area contributed by atoms with Gasteiger partial charge < -0.3 is 30.7 Å². The largest absolute Gasteiger partial charge is 0.381 e. The van der Waals surface area contributed by atoms with E-state index < -0.39 is 5.41 Å². The lowest BCUT2D eigenvalue weighted by molar-refractivity contribution is -0.122. The summed E-state index contributed by atoms with van der Waals surface area (Å²) in [5.74, 6) is 1.92. The number of ether oxygens (including phenoxy) is 2. The van der Waals surface area contributed by atoms with Crippen molar-refractivity contribution in [2.24, 2.45) is 11.3 Å². The van der Waals surface area contributed by atoms with Crippen LogP contribution in [0.2, 0.25) is 5.02 Å². The Labute approximate surface area is 253 Å². The number of hydrogen-bond donors (Lipinski definition) is 4. The zero-order chi connectivity index (χ0) is 29.2. The third-order valence-electron chi connectivity index (χ3n) is 8.43. The smallest absolute Gasteiger partial charge is 0.223 e. The van der Waals surface area contributed by atoms with Gasteiger partial charge in [0, 0.05) is 62.6 Å². The SMILES string of the molecule is N#CC1(CNc2cccc(-c3cc(N[C@H]4CC[C@H](NCCOCCNC(=O)C5CC5)CC4)ncc3Cl)n2)CCOCC1. The van der Waals surface area contributed by atoms with E-state index in [1.165, 1.54) is 0 Å². The van der Waals surface area contributed by atoms with Gasteiger partial charge >= 0.3 is 0 Å². The molecule has 1 amide bonds. The van der Waals surface area contributed by atoms with Crippen LogP contribution in [-0.4, -0.2) is 74.0 Å². The molecule has 0 aromatic carbocycles. The van der Waals surface area contributed by atoms with Gasteiger partial charge in [0.25, 0.3) is 0 Å². The number of aromatic nitrogens is 2. The van der Waals surface area contributed by atoms with Crippen LogP contribution in [-0.2, 0) is 14.3 Å². The molecule has 2 aromatic heterocycles. The first-order valence-corrected chi connectivity index (χ1v) is 15.6. The number of nitrogens with one attached hydrogen (secondary N) is 4. The topological polar surface area (TPSA) is 133 Å². The fourth-order valence-electron chi connectivity index (χ4n) is 5.57. The molecule has 2 saturated carbocycles. The van der Waals surface area contributed by atoms with Crippen LogP contribution in [0.15, 0.2) is 30.5 Å². The van der Waals surface area contributed by atoms with Crippen molar-refractivity contribution in [3.63, 3.8) is 0 Å². The molecule has 11 heteroatoms. The van der Waals surface area contributed by atoms with E-state index in [0.29, 0.717) is 62.4 Å². The van der Waals surface area contributed by atoms with Crippen LogP contribution < -0.4 is 21.3 Å². The number of anilines is 2. The highest BCUT2D eigenvalue weighted by Gasteiger charge is 2.32. The van der Waals surface area contributed by atoms with E-state index >= 15 is 0 Å². The fraction of sp³-hybridized carbons (Fsp3) is 0.613. The van der Waals surface area contributed by atoms with E-state index in [9.17, 15) is 10.1 Å². The fourth-order valence-corrected chi connectivity index (χ4v) is 5.77. The quantitative estimate of drug-likeness (QED) is 0.235. The van der Waals surface area contributed by atoms with Crippen LogP contribution in [0.3, 0.4) is 0 Å². The van der Waals surface area contributed by atoms with Crippen LogP contribution in [0.25, 0.3) is 11.3 Å². The molecule has 2 aliphatic carbocycles. The average Bonchev–Trinajstić information content (AvgIpc) is 3.88. The number of carbonyl (C=O) groups excluding carboxylic acids is 1. The maximum absolute atomic E-state index is 11.6. The second-order valence-corrected chi connectivity index (χ2v) is 12.0. The first-order chi connectivity index (χ1) is 20.5. The van der Waals surface area contributed by atoms with E-state index in [4.69, 9.17) is 26.1 Å². The highest BCUT2D eigenvalue weighted by Crippen LogP contribution is 2.32. The van der Waals surface area contributed by atoms with Gasteiger partial charge in [0.2, 0.25) is 5.91 Å². The second-order valence-electron chi connectivity index (χ2n) is 11.6. The first-order valence-electron chi connectivity index (χ1n) is 15.2. The Bertz CT molecular complexity index is 1220. The number of pyridine rings is 2. The zero-order valence-electron chi connectivity index (χ0n) is 24.2. The third-order valence-corrected chi connectivity index (χ3v) is 8.73. The van der Waals surface area contributed by atoms with Gasteiger partial charge in [-0.25, -0.2) is 9.97 Å². The van der Waals surface area contributed by atoms with Crippen molar-refractivity contribution in [2.75, 3.05) is 56.7 Å². The number of amides is 1. The maximum Gasteiger partial charge on any atom is 0.223 e. The van der Waals surface area contributed by atoms with E-state index in [1.807, 2.05) is 24.3 Å². The Balaban J connectivity index is 1.05. The van der Waals surface area contributed by atoms with Crippen LogP contribution in [0, 0.1) is 22.7 Å². The molecule has 2 aromatic rings. The first kappa shape index (κ1) is 30.5. The Hall–Kier alpha value is -2.97. The van der Waals surface area contributed by atoms with Crippen molar-refractivity contribution in [1.82, 2.24) is 20.6 Å². The Morgan fingerprint density at radius 3 is 2.60 bits per heavy atom. The molecule has 10 nitrogen and oxygen atoms in total. The van der Waals surface area contributed by atoms with Crippen molar-refractivity contribution >= 4 is 29.1 Å². The van der Waals surface area contributed by atoms with Gasteiger partial charge in [-0.05, 0) is 69.6 Å². The van der Waals surface area contributed by atoms with Crippen molar-refractivity contribution in [2.45, 2.75) is 63.5 Å². The summed E-state index contributed by atoms with van der Waals surface area (Å²) < 4.78 is 11.1. The average molecular weight is 596 g/mol. The molecule has 0 radical (unpaired) electrons. The Morgan fingerprint density at radius 1 is 1.07 bits per heavy atom. The molecule has 226 valence electrons. The van der Waals surface area contributed by atoms with Gasteiger partial charge in [0.1, 0.15) is 11.6 Å². The van der Waals surface area contributed by atoms with Crippen LogP contribution in [0.1, 0.15) is 51.4 Å². The molecular formula is C31H42ClN7O3. The van der Waals surface area contributed by atoms with Gasteiger partial charge in [0.15, 0.2) is 0 Å². The monoisotopic (exact) mass is 595 g/mol. The van der Waals surface area contributed by atoms with Gasteiger partial charge in [-0.1, -0.05) is 17.7 Å². The number of hydrogen-bond acceptors (Lipinski definition) is 9. The number of halogens is 1. The second kappa shape index (κ2) is 15.0. The molecule has 4 N–H and O–H groups in total. The van der Waals surface area contributed by atoms with Crippen LogP contribution in [0.4, 0.5) is 11.6 Å². The minimum Gasteiger partial charge on any atom is -0.381 e. The normalized spacial score (nSPS) is 21.7. The maximum atomic E-state index is 11.6. The summed E-state index contributed by atoms with van der Waals surface area (Å²) in [6, 6.07) is 11.1. The van der Waals surface area contributed by atoms with Gasteiger partial charge in [-0.2, -0.15) is 5.26 Å². The molecule has 0 bridgehead atoms. The lowest BCUT2D eigenvalue weighted by atomic mass is 9.82. The lowest BCUT2D eigenvalue weighted by Crippen LogP contribution is -2.38. The molecule has 0 unspecified atom stereocenters. The number of carbonyl (C=O) groups is 1. The molecule has 0 spiro atoms. The summed E-state index contributed by atoms with van der Waals surface area (Å²) in [6.45, 7) is 4.36. The van der Waals surface area contributed by atoms with Crippen LogP contribution >= 0.6 is 11.6 Å². The minimum atomic E-state index is -0.432.